The summed E-state index contributed by atoms with van der Waals surface area (Å²) in [6.45, 7) is 0. The van der Waals surface area contributed by atoms with Gasteiger partial charge in [0.25, 0.3) is 0 Å². The molecule has 0 heterocycles. The topological polar surface area (TPSA) is 144 Å². The van der Waals surface area contributed by atoms with E-state index in [1.165, 1.54) is 0 Å². The maximum Gasteiger partial charge on any atom is 0.320 e. The first kappa shape index (κ1) is 15.9. The van der Waals surface area contributed by atoms with E-state index in [-0.39, 0.29) is 15.1 Å². The minimum absolute atomic E-state index is 0.00801. The van der Waals surface area contributed by atoms with Gasteiger partial charge in [-0.1, -0.05) is 0 Å². The van der Waals surface area contributed by atoms with Gasteiger partial charge in [0.05, 0.1) is 10.6 Å². The Bertz CT molecular complexity index is 713. The molecule has 0 aromatic heterocycles. The van der Waals surface area contributed by atoms with Crippen LogP contribution in [0.5, 0.6) is 0 Å². The average molecular weight is 373 g/mol. The summed E-state index contributed by atoms with van der Waals surface area (Å²) in [6.07, 6.45) is 0. The van der Waals surface area contributed by atoms with Crippen molar-refractivity contribution in [3.8, 4) is 0 Å². The third-order valence-electron chi connectivity index (χ3n) is 1.85. The number of rotatable bonds is 5. The molecule has 0 fully saturated rings. The van der Waals surface area contributed by atoms with Crippen LogP contribution in [0.1, 0.15) is 0 Å². The van der Waals surface area contributed by atoms with Crippen LogP contribution in [0.25, 0.3) is 0 Å². The zero-order valence-corrected chi connectivity index (χ0v) is 12.4. The lowest BCUT2D eigenvalue weighted by Crippen LogP contribution is -2.22. The van der Waals surface area contributed by atoms with Crippen molar-refractivity contribution >= 4 is 47.6 Å². The van der Waals surface area contributed by atoms with Crippen molar-refractivity contribution in [3.63, 3.8) is 0 Å². The lowest BCUT2D eigenvalue weighted by molar-refractivity contribution is -0.134. The molecule has 0 bridgehead atoms. The Morgan fingerprint density at radius 3 is 2.32 bits per heavy atom. The molecule has 1 aromatic carbocycles. The van der Waals surface area contributed by atoms with Gasteiger partial charge >= 0.3 is 5.97 Å². The van der Waals surface area contributed by atoms with Gasteiger partial charge in [-0.15, -0.1) is 0 Å². The van der Waals surface area contributed by atoms with Gasteiger partial charge in [0, 0.05) is 4.47 Å². The summed E-state index contributed by atoms with van der Waals surface area (Å²) in [6, 6.07) is 3.36. The Morgan fingerprint density at radius 1 is 1.32 bits per heavy atom. The van der Waals surface area contributed by atoms with Crippen molar-refractivity contribution in [2.45, 2.75) is 4.90 Å². The summed E-state index contributed by atoms with van der Waals surface area (Å²) < 4.78 is 47.0. The number of nitrogens with two attached hydrogens (primary N) is 1. The average Bonchev–Trinajstić information content (AvgIpc) is 2.16. The van der Waals surface area contributed by atoms with Crippen LogP contribution in [0, 0.1) is 0 Å². The third-order valence-corrected chi connectivity index (χ3v) is 4.57. The van der Waals surface area contributed by atoms with Crippen LogP contribution in [0.3, 0.4) is 0 Å². The number of sulfonamides is 2. The molecular weight excluding hydrogens is 364 g/mol. The van der Waals surface area contributed by atoms with E-state index in [9.17, 15) is 21.6 Å². The fraction of sp³-hybridized carbons (Fsp3) is 0.125. The molecule has 0 atom stereocenters. The number of carboxylic acid groups (broad SMARTS) is 1. The van der Waals surface area contributed by atoms with Gasteiger partial charge in [-0.3, -0.25) is 9.52 Å². The van der Waals surface area contributed by atoms with Crippen molar-refractivity contribution in [2.75, 3.05) is 10.5 Å². The van der Waals surface area contributed by atoms with Crippen molar-refractivity contribution in [2.24, 2.45) is 5.14 Å². The van der Waals surface area contributed by atoms with E-state index < -0.39 is 31.8 Å². The van der Waals surface area contributed by atoms with E-state index in [0.717, 1.165) is 18.2 Å². The molecule has 0 radical (unpaired) electrons. The Kier molecular flexibility index (Phi) is 4.55. The number of carbonyl (C=O) groups is 1. The van der Waals surface area contributed by atoms with Crippen LogP contribution >= 0.6 is 15.9 Å². The SMILES string of the molecule is NS(=O)(=O)c1ccc(NS(=O)(=O)CC(=O)O)c(Br)c1. The predicted octanol–water partition coefficient (Wildman–Crippen LogP) is -0.0772. The Hall–Kier alpha value is -1.17. The molecule has 0 saturated carbocycles. The maximum atomic E-state index is 11.4. The minimum Gasteiger partial charge on any atom is -0.480 e. The molecule has 0 aliphatic heterocycles. The molecule has 0 unspecified atom stereocenters. The first-order valence-corrected chi connectivity index (χ1v) is 8.55. The maximum absolute atomic E-state index is 11.4. The van der Waals surface area contributed by atoms with Crippen molar-refractivity contribution < 1.29 is 26.7 Å². The number of hydrogen-bond donors (Lipinski definition) is 3. The molecule has 19 heavy (non-hydrogen) atoms. The number of nitrogens with one attached hydrogen (secondary N) is 1. The van der Waals surface area contributed by atoms with Crippen LogP contribution < -0.4 is 9.86 Å². The number of halogens is 1. The quantitative estimate of drug-likeness (QED) is 0.659. The largest absolute Gasteiger partial charge is 0.480 e. The first-order valence-electron chi connectivity index (χ1n) is 4.56. The monoisotopic (exact) mass is 372 g/mol. The summed E-state index contributed by atoms with van der Waals surface area (Å²) in [5.74, 6) is -2.61. The molecule has 1 rings (SSSR count). The summed E-state index contributed by atoms with van der Waals surface area (Å²) in [5, 5.41) is 13.3. The molecule has 0 aliphatic carbocycles. The molecule has 106 valence electrons. The minimum atomic E-state index is -4.06. The standard InChI is InChI=1S/C8H9BrN2O6S2/c9-6-3-5(19(10,16)17)1-2-7(6)11-18(14,15)4-8(12)13/h1-3,11H,4H2,(H,12,13)(H2,10,16,17). The Labute approximate surface area is 117 Å². The molecule has 0 saturated heterocycles. The van der Waals surface area contributed by atoms with E-state index in [1.54, 1.807) is 0 Å². The van der Waals surface area contributed by atoms with Crippen LogP contribution in [0.15, 0.2) is 27.6 Å². The number of benzene rings is 1. The second-order valence-corrected chi connectivity index (χ2v) is 7.58. The molecule has 0 aliphatic rings. The molecule has 0 spiro atoms. The molecule has 4 N–H and O–H groups in total. The fourth-order valence-corrected chi connectivity index (χ4v) is 3.33. The van der Waals surface area contributed by atoms with Crippen LogP contribution in [-0.4, -0.2) is 33.7 Å². The van der Waals surface area contributed by atoms with Gasteiger partial charge in [-0.25, -0.2) is 22.0 Å². The van der Waals surface area contributed by atoms with E-state index in [4.69, 9.17) is 10.2 Å². The van der Waals surface area contributed by atoms with Gasteiger partial charge in [-0.05, 0) is 34.1 Å². The Balaban J connectivity index is 3.09. The summed E-state index contributed by atoms with van der Waals surface area (Å²) in [7, 11) is -7.97. The smallest absolute Gasteiger partial charge is 0.320 e. The number of anilines is 1. The highest BCUT2D eigenvalue weighted by atomic mass is 79.9. The predicted molar refractivity (Wildman–Crippen MR) is 70.6 cm³/mol. The van der Waals surface area contributed by atoms with Gasteiger partial charge in [-0.2, -0.15) is 0 Å². The zero-order chi connectivity index (χ0) is 14.8. The zero-order valence-electron chi connectivity index (χ0n) is 9.20. The van der Waals surface area contributed by atoms with Crippen molar-refractivity contribution in [1.29, 1.82) is 0 Å². The fourth-order valence-electron chi connectivity index (χ4n) is 1.12. The summed E-state index contributed by atoms with van der Waals surface area (Å²) in [5.41, 5.74) is 0.00801. The van der Waals surface area contributed by atoms with Crippen LogP contribution in [-0.2, 0) is 24.8 Å². The molecule has 0 amide bonds. The summed E-state index contributed by atoms with van der Waals surface area (Å²) >= 11 is 2.96. The van der Waals surface area contributed by atoms with E-state index >= 15 is 0 Å². The lowest BCUT2D eigenvalue weighted by Gasteiger charge is -2.09. The lowest BCUT2D eigenvalue weighted by atomic mass is 10.3. The Morgan fingerprint density at radius 2 is 1.89 bits per heavy atom. The van der Waals surface area contributed by atoms with Crippen molar-refractivity contribution in [1.82, 2.24) is 0 Å². The molecule has 11 heteroatoms. The van der Waals surface area contributed by atoms with Crippen LogP contribution in [0.4, 0.5) is 5.69 Å². The highest BCUT2D eigenvalue weighted by Gasteiger charge is 2.18. The van der Waals surface area contributed by atoms with Gasteiger partial charge in [0.1, 0.15) is 0 Å². The van der Waals surface area contributed by atoms with E-state index in [2.05, 4.69) is 15.9 Å². The summed E-state index contributed by atoms with van der Waals surface area (Å²) in [4.78, 5) is 10.1. The van der Waals surface area contributed by atoms with Gasteiger partial charge in [0.2, 0.25) is 20.0 Å². The second-order valence-electron chi connectivity index (χ2n) is 3.44. The van der Waals surface area contributed by atoms with E-state index in [0.29, 0.717) is 0 Å². The second kappa shape index (κ2) is 5.45. The highest BCUT2D eigenvalue weighted by molar-refractivity contribution is 9.10. The number of carboxylic acids is 1. The normalized spacial score (nSPS) is 12.1. The third kappa shape index (κ3) is 4.78. The first-order chi connectivity index (χ1) is 8.51. The van der Waals surface area contributed by atoms with Crippen LogP contribution in [0.2, 0.25) is 0 Å². The number of aliphatic carboxylic acids is 1. The number of primary sulfonamides is 1. The van der Waals surface area contributed by atoms with Gasteiger partial charge in [0.15, 0.2) is 5.75 Å². The van der Waals surface area contributed by atoms with Crippen molar-refractivity contribution in [3.05, 3.63) is 22.7 Å². The van der Waals surface area contributed by atoms with Gasteiger partial charge < -0.3 is 5.11 Å². The number of hydrogen-bond acceptors (Lipinski definition) is 5. The highest BCUT2D eigenvalue weighted by Crippen LogP contribution is 2.26. The molecular formula is C8H9BrN2O6S2. The molecule has 8 nitrogen and oxygen atoms in total. The molecule has 1 aromatic rings. The van der Waals surface area contributed by atoms with E-state index in [1.807, 2.05) is 4.72 Å².